The summed E-state index contributed by atoms with van der Waals surface area (Å²) >= 11 is 0. The Hall–Kier alpha value is -3.10. The molecule has 0 saturated carbocycles. The molecule has 9 nitrogen and oxygen atoms in total. The van der Waals surface area contributed by atoms with E-state index in [-0.39, 0.29) is 23.8 Å². The highest BCUT2D eigenvalue weighted by Gasteiger charge is 2.27. The number of anilines is 1. The van der Waals surface area contributed by atoms with E-state index in [0.717, 1.165) is 50.9 Å². The van der Waals surface area contributed by atoms with Crippen molar-refractivity contribution in [1.82, 2.24) is 15.5 Å². The number of imide groups is 1. The van der Waals surface area contributed by atoms with Crippen molar-refractivity contribution in [2.75, 3.05) is 25.0 Å². The maximum Gasteiger partial charge on any atom is 0.407 e. The van der Waals surface area contributed by atoms with E-state index in [4.69, 9.17) is 4.74 Å². The van der Waals surface area contributed by atoms with E-state index in [2.05, 4.69) is 28.1 Å². The van der Waals surface area contributed by atoms with Gasteiger partial charge in [0, 0.05) is 38.2 Å². The molecule has 0 bridgehead atoms. The van der Waals surface area contributed by atoms with E-state index in [1.807, 2.05) is 37.8 Å². The fourth-order valence-corrected chi connectivity index (χ4v) is 4.59. The minimum atomic E-state index is -0.498. The van der Waals surface area contributed by atoms with E-state index < -0.39 is 11.7 Å². The first-order valence-corrected chi connectivity index (χ1v) is 13.1. The van der Waals surface area contributed by atoms with Crippen molar-refractivity contribution in [3.8, 4) is 0 Å². The number of likely N-dealkylation sites (tertiary alicyclic amines) is 1. The second-order valence-electron chi connectivity index (χ2n) is 10.7. The van der Waals surface area contributed by atoms with Crippen molar-refractivity contribution in [1.29, 1.82) is 0 Å². The van der Waals surface area contributed by atoms with Crippen LogP contribution >= 0.6 is 0 Å². The van der Waals surface area contributed by atoms with Gasteiger partial charge in [-0.3, -0.25) is 19.7 Å². The second kappa shape index (κ2) is 12.7. The van der Waals surface area contributed by atoms with Crippen LogP contribution in [0.4, 0.5) is 10.5 Å². The summed E-state index contributed by atoms with van der Waals surface area (Å²) in [6, 6.07) is 7.75. The Labute approximate surface area is 213 Å². The van der Waals surface area contributed by atoms with Gasteiger partial charge in [0.25, 0.3) is 0 Å². The third-order valence-corrected chi connectivity index (χ3v) is 6.55. The van der Waals surface area contributed by atoms with Crippen molar-refractivity contribution in [2.24, 2.45) is 0 Å². The van der Waals surface area contributed by atoms with Gasteiger partial charge < -0.3 is 20.3 Å². The van der Waals surface area contributed by atoms with Gasteiger partial charge in [0.2, 0.25) is 17.7 Å². The lowest BCUT2D eigenvalue weighted by Crippen LogP contribution is -2.47. The second-order valence-corrected chi connectivity index (χ2v) is 10.7. The van der Waals surface area contributed by atoms with Crippen LogP contribution in [-0.2, 0) is 19.1 Å². The summed E-state index contributed by atoms with van der Waals surface area (Å²) in [6.45, 7) is 7.58. The summed E-state index contributed by atoms with van der Waals surface area (Å²) in [5, 5.41) is 8.32. The summed E-state index contributed by atoms with van der Waals surface area (Å²) in [4.78, 5) is 49.4. The van der Waals surface area contributed by atoms with Crippen LogP contribution in [0.1, 0.15) is 83.6 Å². The van der Waals surface area contributed by atoms with Gasteiger partial charge in [-0.2, -0.15) is 0 Å². The number of rotatable bonds is 9. The number of carbonyl (C=O) groups is 4. The number of ether oxygens (including phenoxy) is 1. The molecule has 3 rings (SSSR count). The van der Waals surface area contributed by atoms with E-state index in [0.29, 0.717) is 31.7 Å². The Kier molecular flexibility index (Phi) is 9.73. The lowest BCUT2D eigenvalue weighted by molar-refractivity contribution is -0.134. The smallest absolute Gasteiger partial charge is 0.407 e. The summed E-state index contributed by atoms with van der Waals surface area (Å²) in [6.07, 6.45) is 5.39. The summed E-state index contributed by atoms with van der Waals surface area (Å²) < 4.78 is 5.21. The summed E-state index contributed by atoms with van der Waals surface area (Å²) in [5.41, 5.74) is 1.61. The zero-order valence-corrected chi connectivity index (χ0v) is 21.7. The Balaban J connectivity index is 1.31. The topological polar surface area (TPSA) is 117 Å². The third kappa shape index (κ3) is 8.84. The van der Waals surface area contributed by atoms with Crippen LogP contribution < -0.4 is 16.0 Å². The van der Waals surface area contributed by atoms with Crippen molar-refractivity contribution in [3.05, 3.63) is 29.8 Å². The van der Waals surface area contributed by atoms with Gasteiger partial charge in [-0.15, -0.1) is 0 Å². The van der Waals surface area contributed by atoms with Gasteiger partial charge in [-0.05, 0) is 76.5 Å². The number of hydrogen-bond acceptors (Lipinski definition) is 6. The molecule has 9 heteroatoms. The first kappa shape index (κ1) is 27.5. The Morgan fingerprint density at radius 1 is 1.03 bits per heavy atom. The van der Waals surface area contributed by atoms with Crippen LogP contribution in [0.5, 0.6) is 0 Å². The standard InChI is InChI=1S/C27H40N4O5/c1-27(2,3)36-26(35)28-16-6-4-5-7-24(33)31-17-14-20(15-18-31)19-8-10-21(11-9-19)29-22-12-13-23(32)30-25(22)34/h8-11,20,22,29H,4-7,12-18H2,1-3H3,(H,28,35)(H,30,32,34). The first-order valence-electron chi connectivity index (χ1n) is 13.1. The van der Waals surface area contributed by atoms with Crippen LogP contribution in [0.15, 0.2) is 24.3 Å². The number of hydrogen-bond donors (Lipinski definition) is 3. The highest BCUT2D eigenvalue weighted by atomic mass is 16.6. The Bertz CT molecular complexity index is 917. The molecule has 1 unspecified atom stereocenters. The number of benzene rings is 1. The maximum atomic E-state index is 12.6. The van der Waals surface area contributed by atoms with Crippen molar-refractivity contribution >= 4 is 29.5 Å². The molecule has 2 saturated heterocycles. The molecule has 0 aliphatic carbocycles. The maximum absolute atomic E-state index is 12.6. The highest BCUT2D eigenvalue weighted by Crippen LogP contribution is 2.29. The highest BCUT2D eigenvalue weighted by molar-refractivity contribution is 6.01. The van der Waals surface area contributed by atoms with E-state index in [1.54, 1.807) is 0 Å². The number of alkyl carbamates (subject to hydrolysis) is 1. The fourth-order valence-electron chi connectivity index (χ4n) is 4.59. The van der Waals surface area contributed by atoms with E-state index in [1.165, 1.54) is 5.56 Å². The Morgan fingerprint density at radius 2 is 1.72 bits per heavy atom. The van der Waals surface area contributed by atoms with Gasteiger partial charge in [-0.25, -0.2) is 4.79 Å². The molecule has 0 radical (unpaired) electrons. The molecule has 1 aromatic carbocycles. The molecule has 1 atom stereocenters. The van der Waals surface area contributed by atoms with Crippen molar-refractivity contribution in [3.63, 3.8) is 0 Å². The third-order valence-electron chi connectivity index (χ3n) is 6.55. The van der Waals surface area contributed by atoms with Crippen molar-refractivity contribution in [2.45, 2.75) is 89.7 Å². The molecule has 0 spiro atoms. The number of carbonyl (C=O) groups excluding carboxylic acids is 4. The summed E-state index contributed by atoms with van der Waals surface area (Å²) in [7, 11) is 0. The lowest BCUT2D eigenvalue weighted by Gasteiger charge is -2.32. The fraction of sp³-hybridized carbons (Fsp3) is 0.630. The SMILES string of the molecule is CC(C)(C)OC(=O)NCCCCCC(=O)N1CCC(c2ccc(NC3CCC(=O)NC3=O)cc2)CC1. The molecule has 0 aromatic heterocycles. The molecule has 198 valence electrons. The number of nitrogens with zero attached hydrogens (tertiary/aromatic N) is 1. The predicted octanol–water partition coefficient (Wildman–Crippen LogP) is 3.69. The number of nitrogens with one attached hydrogen (secondary N) is 3. The first-order chi connectivity index (χ1) is 17.1. The van der Waals surface area contributed by atoms with Crippen LogP contribution in [0.2, 0.25) is 0 Å². The van der Waals surface area contributed by atoms with Gasteiger partial charge in [0.1, 0.15) is 11.6 Å². The zero-order valence-electron chi connectivity index (χ0n) is 21.7. The van der Waals surface area contributed by atoms with Gasteiger partial charge in [-0.1, -0.05) is 18.6 Å². The minimum Gasteiger partial charge on any atom is -0.444 e. The van der Waals surface area contributed by atoms with E-state index >= 15 is 0 Å². The molecule has 3 N–H and O–H groups in total. The average molecular weight is 501 g/mol. The number of amides is 4. The van der Waals surface area contributed by atoms with Gasteiger partial charge >= 0.3 is 6.09 Å². The van der Waals surface area contributed by atoms with E-state index in [9.17, 15) is 19.2 Å². The molecule has 2 fully saturated rings. The van der Waals surface area contributed by atoms with Gasteiger partial charge in [0.05, 0.1) is 0 Å². The number of piperidine rings is 2. The van der Waals surface area contributed by atoms with Crippen LogP contribution in [0.25, 0.3) is 0 Å². The minimum absolute atomic E-state index is 0.206. The average Bonchev–Trinajstić information content (AvgIpc) is 2.82. The molecular weight excluding hydrogens is 460 g/mol. The summed E-state index contributed by atoms with van der Waals surface area (Å²) in [5.74, 6) is 0.130. The molecule has 4 amide bonds. The largest absolute Gasteiger partial charge is 0.444 e. The zero-order chi connectivity index (χ0) is 26.1. The molecular formula is C27H40N4O5. The Morgan fingerprint density at radius 3 is 2.36 bits per heavy atom. The molecule has 1 aromatic rings. The van der Waals surface area contributed by atoms with Crippen LogP contribution in [-0.4, -0.2) is 60.0 Å². The number of unbranched alkanes of at least 4 members (excludes halogenated alkanes) is 2. The lowest BCUT2D eigenvalue weighted by atomic mass is 9.89. The molecule has 2 aliphatic rings. The van der Waals surface area contributed by atoms with Crippen molar-refractivity contribution < 1.29 is 23.9 Å². The van der Waals surface area contributed by atoms with Crippen LogP contribution in [0, 0.1) is 0 Å². The van der Waals surface area contributed by atoms with Crippen LogP contribution in [0.3, 0.4) is 0 Å². The normalized spacial score (nSPS) is 19.0. The molecule has 2 heterocycles. The monoisotopic (exact) mass is 500 g/mol. The quantitative estimate of drug-likeness (QED) is 0.352. The van der Waals surface area contributed by atoms with Gasteiger partial charge in [0.15, 0.2) is 0 Å². The molecule has 36 heavy (non-hydrogen) atoms. The molecule has 2 aliphatic heterocycles. The predicted molar refractivity (Wildman–Crippen MR) is 137 cm³/mol.